The number of aliphatic hydroxyl groups excluding tert-OH is 1. The molecule has 12 nitrogen and oxygen atoms in total. The van der Waals surface area contributed by atoms with Crippen LogP contribution in [0.4, 0.5) is 0 Å². The summed E-state index contributed by atoms with van der Waals surface area (Å²) in [5, 5.41) is 35.5. The average molecular weight is 527 g/mol. The van der Waals surface area contributed by atoms with Gasteiger partial charge in [0.25, 0.3) is 0 Å². The molecule has 0 spiro atoms. The van der Waals surface area contributed by atoms with Crippen LogP contribution in [0.15, 0.2) is 30.3 Å². The summed E-state index contributed by atoms with van der Waals surface area (Å²) in [6.07, 6.45) is 0.00242. The van der Waals surface area contributed by atoms with Crippen molar-refractivity contribution in [3.05, 3.63) is 35.9 Å². The Balaban J connectivity index is 3.06. The zero-order valence-corrected chi connectivity index (χ0v) is 21.0. The van der Waals surface area contributed by atoms with Crippen LogP contribution in [-0.4, -0.2) is 87.3 Å². The maximum Gasteiger partial charge on any atom is 0.326 e. The van der Waals surface area contributed by atoms with Crippen molar-refractivity contribution in [1.82, 2.24) is 16.0 Å². The molecular formula is C23H34N4O8S. The quantitative estimate of drug-likeness (QED) is 0.141. The van der Waals surface area contributed by atoms with Gasteiger partial charge in [0.2, 0.25) is 17.7 Å². The molecule has 36 heavy (non-hydrogen) atoms. The Morgan fingerprint density at radius 3 is 2.06 bits per heavy atom. The number of nitrogens with one attached hydrogen (secondary N) is 3. The Bertz CT molecular complexity index is 899. The summed E-state index contributed by atoms with van der Waals surface area (Å²) in [5.74, 6) is -4.42. The summed E-state index contributed by atoms with van der Waals surface area (Å²) in [6, 6.07) is 3.48. The second-order valence-corrected chi connectivity index (χ2v) is 9.18. The fourth-order valence-electron chi connectivity index (χ4n) is 3.16. The van der Waals surface area contributed by atoms with Crippen molar-refractivity contribution in [3.8, 4) is 0 Å². The molecule has 0 aliphatic rings. The number of aliphatic hydroxyl groups is 1. The molecule has 0 aromatic heterocycles. The van der Waals surface area contributed by atoms with Crippen molar-refractivity contribution in [2.45, 2.75) is 62.9 Å². The van der Waals surface area contributed by atoms with Gasteiger partial charge < -0.3 is 37.0 Å². The number of carboxylic acids is 2. The number of hydrogen-bond donors (Lipinski definition) is 7. The van der Waals surface area contributed by atoms with E-state index in [1.165, 1.54) is 18.7 Å². The Labute approximate surface area is 213 Å². The van der Waals surface area contributed by atoms with Gasteiger partial charge in [-0.25, -0.2) is 4.79 Å². The molecular weight excluding hydrogens is 492 g/mol. The Hall–Kier alpha value is -3.16. The van der Waals surface area contributed by atoms with Crippen LogP contribution in [0.3, 0.4) is 0 Å². The fourth-order valence-corrected chi connectivity index (χ4v) is 3.65. The zero-order chi connectivity index (χ0) is 27.3. The number of nitrogens with two attached hydrogens (primary N) is 1. The Kier molecular flexibility index (Phi) is 13.5. The third-order valence-corrected chi connectivity index (χ3v) is 5.85. The number of thioether (sulfide) groups is 1. The summed E-state index contributed by atoms with van der Waals surface area (Å²) in [7, 11) is 0. The van der Waals surface area contributed by atoms with Gasteiger partial charge in [0.1, 0.15) is 18.1 Å². The molecule has 5 unspecified atom stereocenters. The van der Waals surface area contributed by atoms with Gasteiger partial charge in [0.05, 0.1) is 12.1 Å². The van der Waals surface area contributed by atoms with Gasteiger partial charge in [-0.3, -0.25) is 19.2 Å². The molecule has 0 aliphatic heterocycles. The third-order valence-electron chi connectivity index (χ3n) is 5.21. The molecule has 1 aromatic carbocycles. The second kappa shape index (κ2) is 15.8. The number of benzene rings is 1. The van der Waals surface area contributed by atoms with E-state index in [9.17, 15) is 34.2 Å². The standard InChI is InChI=1S/C23H34N4O8S/c1-13(28)19(27-20(31)15(24)10-11-36-2)22(33)26-17(12-14-6-4-3-5-7-14)21(32)25-16(23(34)35)8-9-18(29)30/h3-7,13,15-17,19,28H,8-12,24H2,1-2H3,(H,25,32)(H,26,33)(H,27,31)(H,29,30)(H,34,35). The van der Waals surface area contributed by atoms with Crippen LogP contribution >= 0.6 is 11.8 Å². The summed E-state index contributed by atoms with van der Waals surface area (Å²) in [5.41, 5.74) is 6.48. The van der Waals surface area contributed by atoms with Crippen molar-refractivity contribution < 1.29 is 39.3 Å². The van der Waals surface area contributed by atoms with E-state index in [0.717, 1.165) is 0 Å². The van der Waals surface area contributed by atoms with Crippen LogP contribution in [0.2, 0.25) is 0 Å². The monoisotopic (exact) mass is 526 g/mol. The summed E-state index contributed by atoms with van der Waals surface area (Å²) in [4.78, 5) is 60.7. The van der Waals surface area contributed by atoms with Crippen LogP contribution in [0.25, 0.3) is 0 Å². The molecule has 0 aliphatic carbocycles. The summed E-state index contributed by atoms with van der Waals surface area (Å²) >= 11 is 1.50. The van der Waals surface area contributed by atoms with Gasteiger partial charge in [0, 0.05) is 12.8 Å². The van der Waals surface area contributed by atoms with Gasteiger partial charge in [-0.2, -0.15) is 11.8 Å². The molecule has 0 saturated carbocycles. The van der Waals surface area contributed by atoms with E-state index < -0.39 is 66.4 Å². The first-order valence-corrected chi connectivity index (χ1v) is 12.7. The van der Waals surface area contributed by atoms with Crippen LogP contribution in [0.1, 0.15) is 31.7 Å². The highest BCUT2D eigenvalue weighted by Gasteiger charge is 2.32. The molecule has 0 fully saturated rings. The van der Waals surface area contributed by atoms with Crippen molar-refractivity contribution in [1.29, 1.82) is 0 Å². The predicted octanol–water partition coefficient (Wildman–Crippen LogP) is -0.906. The Morgan fingerprint density at radius 2 is 1.53 bits per heavy atom. The van der Waals surface area contributed by atoms with Crippen molar-refractivity contribution >= 4 is 41.4 Å². The van der Waals surface area contributed by atoms with Crippen molar-refractivity contribution in [3.63, 3.8) is 0 Å². The number of carboxylic acid groups (broad SMARTS) is 2. The van der Waals surface area contributed by atoms with E-state index in [0.29, 0.717) is 17.7 Å². The van der Waals surface area contributed by atoms with Crippen LogP contribution in [-0.2, 0) is 30.4 Å². The molecule has 8 N–H and O–H groups in total. The lowest BCUT2D eigenvalue weighted by Gasteiger charge is -2.26. The second-order valence-electron chi connectivity index (χ2n) is 8.20. The van der Waals surface area contributed by atoms with Gasteiger partial charge >= 0.3 is 11.9 Å². The fraction of sp³-hybridized carbons (Fsp3) is 0.522. The van der Waals surface area contributed by atoms with Crippen molar-refractivity contribution in [2.24, 2.45) is 5.73 Å². The topological polar surface area (TPSA) is 208 Å². The molecule has 0 heterocycles. The SMILES string of the molecule is CSCCC(N)C(=O)NC(C(=O)NC(Cc1ccccc1)C(=O)NC(CCC(=O)O)C(=O)O)C(C)O. The lowest BCUT2D eigenvalue weighted by Crippen LogP contribution is -2.60. The van der Waals surface area contributed by atoms with Crippen LogP contribution in [0, 0.1) is 0 Å². The largest absolute Gasteiger partial charge is 0.481 e. The average Bonchev–Trinajstić information content (AvgIpc) is 2.82. The number of carbonyl (C=O) groups is 5. The number of rotatable bonds is 16. The van der Waals surface area contributed by atoms with E-state index in [2.05, 4.69) is 16.0 Å². The molecule has 0 saturated heterocycles. The van der Waals surface area contributed by atoms with E-state index in [4.69, 9.17) is 10.8 Å². The smallest absolute Gasteiger partial charge is 0.326 e. The highest BCUT2D eigenvalue weighted by atomic mass is 32.2. The van der Waals surface area contributed by atoms with E-state index >= 15 is 0 Å². The molecule has 1 rings (SSSR count). The van der Waals surface area contributed by atoms with E-state index in [-0.39, 0.29) is 12.8 Å². The van der Waals surface area contributed by atoms with Gasteiger partial charge in [-0.15, -0.1) is 0 Å². The first-order valence-electron chi connectivity index (χ1n) is 11.3. The molecule has 200 valence electrons. The molecule has 0 bridgehead atoms. The van der Waals surface area contributed by atoms with Gasteiger partial charge in [0.15, 0.2) is 0 Å². The summed E-state index contributed by atoms with van der Waals surface area (Å²) < 4.78 is 0. The first kappa shape index (κ1) is 30.9. The van der Waals surface area contributed by atoms with Gasteiger partial charge in [-0.1, -0.05) is 30.3 Å². The number of amides is 3. The minimum absolute atomic E-state index is 0.0304. The van der Waals surface area contributed by atoms with Gasteiger partial charge in [-0.05, 0) is 37.3 Å². The van der Waals surface area contributed by atoms with Crippen molar-refractivity contribution in [2.75, 3.05) is 12.0 Å². The molecule has 1 aromatic rings. The normalized spacial score (nSPS) is 15.0. The number of aliphatic carboxylic acids is 2. The number of carbonyl (C=O) groups excluding carboxylic acids is 3. The Morgan fingerprint density at radius 1 is 0.917 bits per heavy atom. The number of hydrogen-bond acceptors (Lipinski definition) is 8. The molecule has 3 amide bonds. The minimum atomic E-state index is -1.49. The molecule has 5 atom stereocenters. The zero-order valence-electron chi connectivity index (χ0n) is 20.2. The van der Waals surface area contributed by atoms with E-state index in [1.807, 2.05) is 6.26 Å². The predicted molar refractivity (Wildman–Crippen MR) is 133 cm³/mol. The molecule has 0 radical (unpaired) electrons. The summed E-state index contributed by atoms with van der Waals surface area (Å²) in [6.45, 7) is 1.29. The minimum Gasteiger partial charge on any atom is -0.481 e. The first-order chi connectivity index (χ1) is 17.0. The highest BCUT2D eigenvalue weighted by Crippen LogP contribution is 2.07. The lowest BCUT2D eigenvalue weighted by molar-refractivity contribution is -0.143. The highest BCUT2D eigenvalue weighted by molar-refractivity contribution is 7.98. The molecule has 13 heteroatoms. The van der Waals surface area contributed by atoms with E-state index in [1.54, 1.807) is 30.3 Å². The maximum absolute atomic E-state index is 13.0. The lowest BCUT2D eigenvalue weighted by atomic mass is 10.0. The van der Waals surface area contributed by atoms with Crippen LogP contribution < -0.4 is 21.7 Å². The van der Waals surface area contributed by atoms with Crippen LogP contribution in [0.5, 0.6) is 0 Å². The third kappa shape index (κ3) is 11.1. The maximum atomic E-state index is 13.0.